The highest BCUT2D eigenvalue weighted by atomic mass is 19.4. The highest BCUT2D eigenvalue weighted by molar-refractivity contribution is 5.93. The Morgan fingerprint density at radius 3 is 2.48 bits per heavy atom. The van der Waals surface area contributed by atoms with Crippen molar-refractivity contribution in [3.05, 3.63) is 23.2 Å². The molecule has 2 fully saturated rings. The number of aliphatic hydroxyl groups excluding tert-OH is 1. The van der Waals surface area contributed by atoms with Crippen molar-refractivity contribution in [2.45, 2.75) is 45.0 Å². The van der Waals surface area contributed by atoms with E-state index in [0.29, 0.717) is 17.7 Å². The molecule has 6 nitrogen and oxygen atoms in total. The Morgan fingerprint density at radius 2 is 2.04 bits per heavy atom. The van der Waals surface area contributed by atoms with E-state index in [-0.39, 0.29) is 38.3 Å². The van der Waals surface area contributed by atoms with Crippen LogP contribution in [0.15, 0.2) is 10.5 Å². The molecule has 0 radical (unpaired) electrons. The summed E-state index contributed by atoms with van der Waals surface area (Å²) in [7, 11) is 0. The molecule has 2 heterocycles. The first-order valence-corrected chi connectivity index (χ1v) is 8.05. The standard InChI is InChI=1S/C16H19F3N2O4/c1-9-10(8-22)5-12(25-9)13(23)21-6-11(7-21)20-14(24)15(3-2-4-15)16(17,18)19/h5,11,22H,2-4,6-8H2,1H3,(H,20,24). The van der Waals surface area contributed by atoms with Crippen molar-refractivity contribution in [2.24, 2.45) is 5.41 Å². The zero-order valence-corrected chi connectivity index (χ0v) is 13.7. The lowest BCUT2D eigenvalue weighted by molar-refractivity contribution is -0.243. The molecule has 25 heavy (non-hydrogen) atoms. The van der Waals surface area contributed by atoms with Crippen LogP contribution in [0.1, 0.15) is 41.1 Å². The predicted molar refractivity (Wildman–Crippen MR) is 79.5 cm³/mol. The van der Waals surface area contributed by atoms with E-state index in [1.54, 1.807) is 6.92 Å². The third-order valence-electron chi connectivity index (χ3n) is 5.09. The number of rotatable bonds is 4. The van der Waals surface area contributed by atoms with Gasteiger partial charge >= 0.3 is 6.18 Å². The SMILES string of the molecule is Cc1oc(C(=O)N2CC(NC(=O)C3(C(F)(F)F)CCC3)C2)cc1CO. The van der Waals surface area contributed by atoms with E-state index >= 15 is 0 Å². The summed E-state index contributed by atoms with van der Waals surface area (Å²) in [6, 6.07) is 0.945. The van der Waals surface area contributed by atoms with Crippen molar-refractivity contribution in [2.75, 3.05) is 13.1 Å². The Morgan fingerprint density at radius 1 is 1.40 bits per heavy atom. The van der Waals surface area contributed by atoms with Gasteiger partial charge in [0.2, 0.25) is 5.91 Å². The summed E-state index contributed by atoms with van der Waals surface area (Å²) in [5, 5.41) is 11.5. The fourth-order valence-electron chi connectivity index (χ4n) is 3.17. The number of aliphatic hydroxyl groups is 1. The van der Waals surface area contributed by atoms with E-state index in [1.807, 2.05) is 0 Å². The number of hydrogen-bond donors (Lipinski definition) is 2. The second kappa shape index (κ2) is 6.05. The van der Waals surface area contributed by atoms with Crippen LogP contribution in [0.5, 0.6) is 0 Å². The summed E-state index contributed by atoms with van der Waals surface area (Å²) in [5.74, 6) is -0.910. The van der Waals surface area contributed by atoms with Gasteiger partial charge in [0, 0.05) is 18.7 Å². The van der Waals surface area contributed by atoms with Gasteiger partial charge in [-0.3, -0.25) is 9.59 Å². The molecule has 1 aromatic rings. The third kappa shape index (κ3) is 2.90. The van der Waals surface area contributed by atoms with Crippen molar-refractivity contribution < 1.29 is 32.3 Å². The van der Waals surface area contributed by atoms with Crippen molar-refractivity contribution >= 4 is 11.8 Å². The number of nitrogens with zero attached hydrogens (tertiary/aromatic N) is 1. The molecule has 2 aliphatic rings. The average molecular weight is 360 g/mol. The maximum atomic E-state index is 13.1. The van der Waals surface area contributed by atoms with Gasteiger partial charge < -0.3 is 19.7 Å². The number of furan rings is 1. The molecule has 9 heteroatoms. The number of carbonyl (C=O) groups is 2. The molecule has 138 valence electrons. The van der Waals surface area contributed by atoms with Gasteiger partial charge in [-0.15, -0.1) is 0 Å². The molecule has 0 unspecified atom stereocenters. The first kappa shape index (κ1) is 17.8. The fourth-order valence-corrected chi connectivity index (χ4v) is 3.17. The molecular weight excluding hydrogens is 341 g/mol. The largest absolute Gasteiger partial charge is 0.456 e. The Balaban J connectivity index is 1.56. The van der Waals surface area contributed by atoms with Crippen molar-refractivity contribution in [1.29, 1.82) is 0 Å². The minimum Gasteiger partial charge on any atom is -0.456 e. The van der Waals surface area contributed by atoms with Crippen LogP contribution in [0, 0.1) is 12.3 Å². The van der Waals surface area contributed by atoms with Crippen molar-refractivity contribution in [3.63, 3.8) is 0 Å². The Hall–Kier alpha value is -2.03. The Kier molecular flexibility index (Phi) is 4.30. The predicted octanol–water partition coefficient (Wildman–Crippen LogP) is 1.75. The first-order valence-electron chi connectivity index (χ1n) is 8.05. The van der Waals surface area contributed by atoms with E-state index in [0.717, 1.165) is 0 Å². The van der Waals surface area contributed by atoms with Crippen LogP contribution < -0.4 is 5.32 Å². The van der Waals surface area contributed by atoms with Crippen LogP contribution in [0.2, 0.25) is 0 Å². The van der Waals surface area contributed by atoms with Gasteiger partial charge in [-0.1, -0.05) is 6.42 Å². The summed E-state index contributed by atoms with van der Waals surface area (Å²) in [6.45, 7) is 1.64. The lowest BCUT2D eigenvalue weighted by Crippen LogP contribution is -2.65. The molecule has 1 aliphatic heterocycles. The summed E-state index contributed by atoms with van der Waals surface area (Å²) in [6.07, 6.45) is -4.55. The van der Waals surface area contributed by atoms with Crippen LogP contribution >= 0.6 is 0 Å². The van der Waals surface area contributed by atoms with E-state index in [4.69, 9.17) is 9.52 Å². The first-order chi connectivity index (χ1) is 11.7. The second-order valence-electron chi connectivity index (χ2n) is 6.66. The highest BCUT2D eigenvalue weighted by Gasteiger charge is 2.63. The van der Waals surface area contributed by atoms with E-state index in [9.17, 15) is 22.8 Å². The van der Waals surface area contributed by atoms with Crippen LogP contribution in [-0.4, -0.2) is 47.1 Å². The maximum Gasteiger partial charge on any atom is 0.403 e. The van der Waals surface area contributed by atoms with Crippen LogP contribution in [-0.2, 0) is 11.4 Å². The number of likely N-dealkylation sites (tertiary alicyclic amines) is 1. The van der Waals surface area contributed by atoms with Gasteiger partial charge in [0.25, 0.3) is 5.91 Å². The average Bonchev–Trinajstić information content (AvgIpc) is 2.80. The molecule has 1 saturated carbocycles. The van der Waals surface area contributed by atoms with Crippen molar-refractivity contribution in [1.82, 2.24) is 10.2 Å². The van der Waals surface area contributed by atoms with Gasteiger partial charge in [0.15, 0.2) is 5.76 Å². The molecule has 0 bridgehead atoms. The van der Waals surface area contributed by atoms with Gasteiger partial charge in [0.1, 0.15) is 11.2 Å². The number of hydrogen-bond acceptors (Lipinski definition) is 4. The van der Waals surface area contributed by atoms with Gasteiger partial charge in [0.05, 0.1) is 12.6 Å². The summed E-state index contributed by atoms with van der Waals surface area (Å²) >= 11 is 0. The fraction of sp³-hybridized carbons (Fsp3) is 0.625. The van der Waals surface area contributed by atoms with Gasteiger partial charge in [-0.25, -0.2) is 0 Å². The molecule has 2 amide bonds. The lowest BCUT2D eigenvalue weighted by atomic mass is 9.67. The molecular formula is C16H19F3N2O4. The zero-order chi connectivity index (χ0) is 18.4. The van der Waals surface area contributed by atoms with Crippen LogP contribution in [0.3, 0.4) is 0 Å². The molecule has 0 aromatic carbocycles. The number of amides is 2. The quantitative estimate of drug-likeness (QED) is 0.857. The molecule has 1 saturated heterocycles. The van der Waals surface area contributed by atoms with E-state index in [1.165, 1.54) is 11.0 Å². The molecule has 1 aliphatic carbocycles. The van der Waals surface area contributed by atoms with Gasteiger partial charge in [-0.2, -0.15) is 13.2 Å². The lowest BCUT2D eigenvalue weighted by Gasteiger charge is -2.45. The van der Waals surface area contributed by atoms with Crippen LogP contribution in [0.4, 0.5) is 13.2 Å². The highest BCUT2D eigenvalue weighted by Crippen LogP contribution is 2.53. The van der Waals surface area contributed by atoms with E-state index in [2.05, 4.69) is 5.32 Å². The minimum absolute atomic E-state index is 0.0667. The third-order valence-corrected chi connectivity index (χ3v) is 5.09. The van der Waals surface area contributed by atoms with E-state index < -0.39 is 29.4 Å². The Bertz CT molecular complexity index is 688. The molecule has 0 atom stereocenters. The topological polar surface area (TPSA) is 82.8 Å². The maximum absolute atomic E-state index is 13.1. The van der Waals surface area contributed by atoms with Crippen LogP contribution in [0.25, 0.3) is 0 Å². The molecule has 2 N–H and O–H groups in total. The molecule has 3 rings (SSSR count). The number of carbonyl (C=O) groups excluding carboxylic acids is 2. The summed E-state index contributed by atoms with van der Waals surface area (Å²) in [4.78, 5) is 25.7. The van der Waals surface area contributed by atoms with Gasteiger partial charge in [-0.05, 0) is 25.8 Å². The molecule has 1 aromatic heterocycles. The zero-order valence-electron chi connectivity index (χ0n) is 13.7. The number of nitrogens with one attached hydrogen (secondary N) is 1. The van der Waals surface area contributed by atoms with Crippen molar-refractivity contribution in [3.8, 4) is 0 Å². The smallest absolute Gasteiger partial charge is 0.403 e. The minimum atomic E-state index is -4.55. The normalized spacial score (nSPS) is 20.0. The number of aryl methyl sites for hydroxylation is 1. The number of halogens is 3. The monoisotopic (exact) mass is 360 g/mol. The second-order valence-corrected chi connectivity index (χ2v) is 6.66. The molecule has 0 spiro atoms. The number of alkyl halides is 3. The Labute approximate surface area is 142 Å². The summed E-state index contributed by atoms with van der Waals surface area (Å²) in [5.41, 5.74) is -1.77. The summed E-state index contributed by atoms with van der Waals surface area (Å²) < 4.78 is 44.6.